The molecule has 1 saturated heterocycles. The molecule has 1 fully saturated rings. The van der Waals surface area contributed by atoms with Crippen LogP contribution >= 0.6 is 23.4 Å². The van der Waals surface area contributed by atoms with Crippen molar-refractivity contribution in [2.24, 2.45) is 0 Å². The third kappa shape index (κ3) is 3.61. The van der Waals surface area contributed by atoms with Crippen molar-refractivity contribution >= 4 is 46.3 Å². The van der Waals surface area contributed by atoms with Crippen LogP contribution in [0.4, 0.5) is 14.9 Å². The SMILES string of the molecule is O=C1S/C(=C\c2cc([N+](=O)[O-])ccc2Cl)C(=O)N1Cc1ccccc1F. The Balaban J connectivity index is 1.89. The van der Waals surface area contributed by atoms with E-state index >= 15 is 0 Å². The van der Waals surface area contributed by atoms with Crippen molar-refractivity contribution in [2.75, 3.05) is 0 Å². The number of rotatable bonds is 4. The smallest absolute Gasteiger partial charge is 0.268 e. The molecule has 2 aromatic rings. The molecule has 0 unspecified atom stereocenters. The van der Waals surface area contributed by atoms with Crippen molar-refractivity contribution in [1.29, 1.82) is 0 Å². The lowest BCUT2D eigenvalue weighted by Crippen LogP contribution is -2.27. The Bertz CT molecular complexity index is 964. The number of nitrogens with zero attached hydrogens (tertiary/aromatic N) is 2. The van der Waals surface area contributed by atoms with Crippen molar-refractivity contribution < 1.29 is 18.9 Å². The molecular formula is C17H10ClFN2O4S. The van der Waals surface area contributed by atoms with E-state index in [4.69, 9.17) is 11.6 Å². The molecule has 0 N–H and O–H groups in total. The maximum absolute atomic E-state index is 13.8. The first-order valence-electron chi connectivity index (χ1n) is 7.29. The van der Waals surface area contributed by atoms with E-state index < -0.39 is 21.9 Å². The number of carbonyl (C=O) groups excluding carboxylic acids is 2. The number of hydrogen-bond acceptors (Lipinski definition) is 5. The number of thioether (sulfide) groups is 1. The molecule has 0 aliphatic carbocycles. The highest BCUT2D eigenvalue weighted by molar-refractivity contribution is 8.18. The van der Waals surface area contributed by atoms with Gasteiger partial charge < -0.3 is 0 Å². The summed E-state index contributed by atoms with van der Waals surface area (Å²) in [7, 11) is 0. The third-order valence-corrected chi connectivity index (χ3v) is 4.89. The van der Waals surface area contributed by atoms with Gasteiger partial charge in [-0.2, -0.15) is 0 Å². The van der Waals surface area contributed by atoms with Crippen LogP contribution in [0.2, 0.25) is 5.02 Å². The van der Waals surface area contributed by atoms with Crippen LogP contribution in [-0.2, 0) is 11.3 Å². The number of nitro benzene ring substituents is 1. The van der Waals surface area contributed by atoms with Crippen molar-refractivity contribution in [3.05, 3.63) is 79.5 Å². The monoisotopic (exact) mass is 392 g/mol. The fourth-order valence-electron chi connectivity index (χ4n) is 2.33. The summed E-state index contributed by atoms with van der Waals surface area (Å²) in [5.74, 6) is -1.12. The van der Waals surface area contributed by atoms with Crippen molar-refractivity contribution in [2.45, 2.75) is 6.54 Å². The van der Waals surface area contributed by atoms with E-state index in [9.17, 15) is 24.1 Å². The number of hydrogen-bond donors (Lipinski definition) is 0. The molecule has 6 nitrogen and oxygen atoms in total. The average Bonchev–Trinajstić information content (AvgIpc) is 2.86. The molecular weight excluding hydrogens is 383 g/mol. The lowest BCUT2D eigenvalue weighted by atomic mass is 10.1. The van der Waals surface area contributed by atoms with Crippen molar-refractivity contribution in [1.82, 2.24) is 4.90 Å². The topological polar surface area (TPSA) is 80.5 Å². The van der Waals surface area contributed by atoms with E-state index in [0.717, 1.165) is 4.90 Å². The zero-order valence-electron chi connectivity index (χ0n) is 13.0. The van der Waals surface area contributed by atoms with Crippen molar-refractivity contribution in [3.63, 3.8) is 0 Å². The molecule has 1 heterocycles. The molecule has 26 heavy (non-hydrogen) atoms. The van der Waals surface area contributed by atoms with Crippen LogP contribution in [0.1, 0.15) is 11.1 Å². The second kappa shape index (κ2) is 7.27. The van der Waals surface area contributed by atoms with Gasteiger partial charge in [-0.05, 0) is 30.0 Å². The van der Waals surface area contributed by atoms with Gasteiger partial charge in [-0.3, -0.25) is 24.6 Å². The molecule has 1 aliphatic rings. The van der Waals surface area contributed by atoms with Crippen molar-refractivity contribution in [3.8, 4) is 0 Å². The quantitative estimate of drug-likeness (QED) is 0.430. The lowest BCUT2D eigenvalue weighted by Gasteiger charge is -2.12. The first-order valence-corrected chi connectivity index (χ1v) is 8.49. The van der Waals surface area contributed by atoms with E-state index in [1.165, 1.54) is 42.5 Å². The Morgan fingerprint density at radius 1 is 1.23 bits per heavy atom. The van der Waals surface area contributed by atoms with Gasteiger partial charge in [-0.25, -0.2) is 4.39 Å². The van der Waals surface area contributed by atoms with Gasteiger partial charge in [0.15, 0.2) is 0 Å². The van der Waals surface area contributed by atoms with Gasteiger partial charge in [-0.1, -0.05) is 29.8 Å². The highest BCUT2D eigenvalue weighted by Gasteiger charge is 2.35. The maximum atomic E-state index is 13.8. The number of imide groups is 1. The first-order chi connectivity index (χ1) is 12.4. The van der Waals surface area contributed by atoms with Gasteiger partial charge >= 0.3 is 0 Å². The van der Waals surface area contributed by atoms with Crippen LogP contribution in [0, 0.1) is 15.9 Å². The van der Waals surface area contributed by atoms with Gasteiger partial charge in [0.2, 0.25) is 0 Å². The summed E-state index contributed by atoms with van der Waals surface area (Å²) < 4.78 is 13.8. The fourth-order valence-corrected chi connectivity index (χ4v) is 3.33. The minimum atomic E-state index is -0.606. The number of benzene rings is 2. The standard InChI is InChI=1S/C17H10ClFN2O4S/c18-13-6-5-12(21(24)25)7-11(13)8-15-16(22)20(17(23)26-15)9-10-3-1-2-4-14(10)19/h1-8H,9H2/b15-8-. The second-order valence-corrected chi connectivity index (χ2v) is 6.72. The molecule has 0 bridgehead atoms. The summed E-state index contributed by atoms with van der Waals surface area (Å²) in [6.07, 6.45) is 1.32. The number of carbonyl (C=O) groups is 2. The van der Waals surface area contributed by atoms with E-state index in [-0.39, 0.29) is 33.3 Å². The first kappa shape index (κ1) is 18.1. The summed E-state index contributed by atoms with van der Waals surface area (Å²) in [5.41, 5.74) is 0.271. The highest BCUT2D eigenvalue weighted by Crippen LogP contribution is 2.35. The minimum Gasteiger partial charge on any atom is -0.268 e. The maximum Gasteiger partial charge on any atom is 0.293 e. The van der Waals surface area contributed by atoms with Gasteiger partial charge in [0.1, 0.15) is 5.82 Å². The summed E-state index contributed by atoms with van der Waals surface area (Å²) in [4.78, 5) is 35.9. The molecule has 9 heteroatoms. The highest BCUT2D eigenvalue weighted by atomic mass is 35.5. The van der Waals surface area contributed by atoms with Crippen LogP contribution in [0.25, 0.3) is 6.08 Å². The zero-order chi connectivity index (χ0) is 18.8. The largest absolute Gasteiger partial charge is 0.293 e. The van der Waals surface area contributed by atoms with E-state index in [1.54, 1.807) is 6.07 Å². The third-order valence-electron chi connectivity index (χ3n) is 3.64. The van der Waals surface area contributed by atoms with Gasteiger partial charge in [0, 0.05) is 28.3 Å². The number of amides is 2. The average molecular weight is 393 g/mol. The lowest BCUT2D eigenvalue weighted by molar-refractivity contribution is -0.384. The molecule has 0 atom stereocenters. The van der Waals surface area contributed by atoms with Crippen LogP contribution in [0.15, 0.2) is 47.4 Å². The van der Waals surface area contributed by atoms with E-state index in [2.05, 4.69) is 0 Å². The Kier molecular flexibility index (Phi) is 5.06. The molecule has 3 rings (SSSR count). The summed E-state index contributed by atoms with van der Waals surface area (Å²) in [6, 6.07) is 9.64. The Hall–Kier alpha value is -2.71. The molecule has 0 spiro atoms. The zero-order valence-corrected chi connectivity index (χ0v) is 14.6. The fraction of sp³-hybridized carbons (Fsp3) is 0.0588. The number of halogens is 2. The number of nitro groups is 1. The summed E-state index contributed by atoms with van der Waals surface area (Å²) >= 11 is 6.69. The number of non-ortho nitro benzene ring substituents is 1. The molecule has 2 amide bonds. The Morgan fingerprint density at radius 3 is 2.65 bits per heavy atom. The molecule has 1 aliphatic heterocycles. The summed E-state index contributed by atoms with van der Waals surface area (Å²) in [5, 5.41) is 10.5. The van der Waals surface area contributed by atoms with Crippen LogP contribution in [0.3, 0.4) is 0 Å². The molecule has 0 saturated carbocycles. The van der Waals surface area contributed by atoms with Gasteiger partial charge in [0.25, 0.3) is 16.8 Å². The van der Waals surface area contributed by atoms with E-state index in [0.29, 0.717) is 11.8 Å². The van der Waals surface area contributed by atoms with Gasteiger partial charge in [-0.15, -0.1) is 0 Å². The minimum absolute atomic E-state index is 0.0636. The summed E-state index contributed by atoms with van der Waals surface area (Å²) in [6.45, 7) is -0.197. The molecule has 132 valence electrons. The molecule has 0 radical (unpaired) electrons. The van der Waals surface area contributed by atoms with Gasteiger partial charge in [0.05, 0.1) is 16.4 Å². The van der Waals surface area contributed by atoms with Crippen LogP contribution < -0.4 is 0 Å². The normalized spacial score (nSPS) is 15.8. The van der Waals surface area contributed by atoms with E-state index in [1.807, 2.05) is 0 Å². The Morgan fingerprint density at radius 2 is 1.96 bits per heavy atom. The van der Waals surface area contributed by atoms with Crippen LogP contribution in [0.5, 0.6) is 0 Å². The molecule has 0 aromatic heterocycles. The predicted octanol–water partition coefficient (Wildman–Crippen LogP) is 4.62. The van der Waals surface area contributed by atoms with Crippen LogP contribution in [-0.4, -0.2) is 21.0 Å². The predicted molar refractivity (Wildman–Crippen MR) is 96.0 cm³/mol. The Labute approximate surface area is 156 Å². The molecule has 2 aromatic carbocycles. The second-order valence-electron chi connectivity index (χ2n) is 5.32.